The molecule has 2 rings (SSSR count). The molecule has 0 heterocycles. The van der Waals surface area contributed by atoms with Gasteiger partial charge < -0.3 is 5.32 Å². The van der Waals surface area contributed by atoms with Gasteiger partial charge in [0.2, 0.25) is 0 Å². The molecule has 0 amide bonds. The number of aryl methyl sites for hydroxylation is 1. The van der Waals surface area contributed by atoms with Gasteiger partial charge in [-0.3, -0.25) is 0 Å². The average Bonchev–Trinajstić information content (AvgIpc) is 2.29. The highest BCUT2D eigenvalue weighted by Crippen LogP contribution is 2.20. The van der Waals surface area contributed by atoms with Crippen molar-refractivity contribution in [1.29, 1.82) is 0 Å². The quantitative estimate of drug-likeness (QED) is 0.734. The van der Waals surface area contributed by atoms with Crippen molar-refractivity contribution in [2.45, 2.75) is 26.2 Å². The van der Waals surface area contributed by atoms with Crippen molar-refractivity contribution in [2.75, 3.05) is 11.9 Å². The lowest BCUT2D eigenvalue weighted by molar-refractivity contribution is 0.504. The molecule has 1 nitrogen and oxygen atoms in total. The second-order valence-electron chi connectivity index (χ2n) is 4.35. The summed E-state index contributed by atoms with van der Waals surface area (Å²) in [5.41, 5.74) is 2.62. The highest BCUT2D eigenvalue weighted by Gasteiger charge is 2.09. The Hall–Kier alpha value is -1.24. The molecule has 0 aromatic heterocycles. The van der Waals surface area contributed by atoms with Crippen LogP contribution in [0.4, 0.5) is 5.69 Å². The molecule has 1 aliphatic rings. The lowest BCUT2D eigenvalue weighted by Gasteiger charge is -2.19. The van der Waals surface area contributed by atoms with Gasteiger partial charge in [-0.15, -0.1) is 0 Å². The predicted molar refractivity (Wildman–Crippen MR) is 66.1 cm³/mol. The molecule has 0 saturated carbocycles. The SMILES string of the molecule is Cc1ccccc1NC[C@H]1CC=CCC1. The summed E-state index contributed by atoms with van der Waals surface area (Å²) in [6.45, 7) is 3.26. The molecule has 1 aromatic carbocycles. The third-order valence-electron chi connectivity index (χ3n) is 3.10. The fourth-order valence-corrected chi connectivity index (χ4v) is 2.07. The van der Waals surface area contributed by atoms with Gasteiger partial charge in [0.05, 0.1) is 0 Å². The van der Waals surface area contributed by atoms with Gasteiger partial charge in [0.15, 0.2) is 0 Å². The molecule has 0 aliphatic heterocycles. The molecular formula is C14H19N. The van der Waals surface area contributed by atoms with Gasteiger partial charge in [0.1, 0.15) is 0 Å². The number of allylic oxidation sites excluding steroid dienone is 2. The van der Waals surface area contributed by atoms with E-state index < -0.39 is 0 Å². The molecular weight excluding hydrogens is 182 g/mol. The molecule has 0 unspecified atom stereocenters. The number of hydrogen-bond donors (Lipinski definition) is 1. The first-order valence-corrected chi connectivity index (χ1v) is 5.81. The lowest BCUT2D eigenvalue weighted by atomic mass is 9.94. The van der Waals surface area contributed by atoms with Gasteiger partial charge in [-0.05, 0) is 43.7 Å². The largest absolute Gasteiger partial charge is 0.385 e. The van der Waals surface area contributed by atoms with E-state index in [-0.39, 0.29) is 0 Å². The van der Waals surface area contributed by atoms with Crippen LogP contribution in [0.5, 0.6) is 0 Å². The molecule has 0 saturated heterocycles. The van der Waals surface area contributed by atoms with Crippen LogP contribution < -0.4 is 5.32 Å². The van der Waals surface area contributed by atoms with Crippen molar-refractivity contribution in [3.05, 3.63) is 42.0 Å². The molecule has 80 valence electrons. The second kappa shape index (κ2) is 5.01. The average molecular weight is 201 g/mol. The van der Waals surface area contributed by atoms with Crippen molar-refractivity contribution in [3.63, 3.8) is 0 Å². The van der Waals surface area contributed by atoms with Crippen molar-refractivity contribution >= 4 is 5.69 Å². The predicted octanol–water partition coefficient (Wildman–Crippen LogP) is 3.76. The Morgan fingerprint density at radius 3 is 2.87 bits per heavy atom. The Kier molecular flexibility index (Phi) is 3.44. The van der Waals surface area contributed by atoms with E-state index in [4.69, 9.17) is 0 Å². The van der Waals surface area contributed by atoms with Crippen LogP contribution in [0.15, 0.2) is 36.4 Å². The summed E-state index contributed by atoms with van der Waals surface area (Å²) >= 11 is 0. The third-order valence-corrected chi connectivity index (χ3v) is 3.10. The summed E-state index contributed by atoms with van der Waals surface area (Å²) in [6, 6.07) is 8.50. The van der Waals surface area contributed by atoms with E-state index in [0.717, 1.165) is 12.5 Å². The summed E-state index contributed by atoms with van der Waals surface area (Å²) in [6.07, 6.45) is 8.42. The van der Waals surface area contributed by atoms with Crippen LogP contribution in [0.25, 0.3) is 0 Å². The van der Waals surface area contributed by atoms with Crippen LogP contribution in [0, 0.1) is 12.8 Å². The Morgan fingerprint density at radius 2 is 2.13 bits per heavy atom. The maximum atomic E-state index is 3.55. The van der Waals surface area contributed by atoms with Gasteiger partial charge in [-0.1, -0.05) is 30.4 Å². The monoisotopic (exact) mass is 201 g/mol. The van der Waals surface area contributed by atoms with E-state index >= 15 is 0 Å². The second-order valence-corrected chi connectivity index (χ2v) is 4.35. The number of rotatable bonds is 3. The first kappa shape index (κ1) is 10.3. The Balaban J connectivity index is 1.87. The van der Waals surface area contributed by atoms with Crippen LogP contribution in [-0.2, 0) is 0 Å². The molecule has 0 radical (unpaired) electrons. The molecule has 1 N–H and O–H groups in total. The normalized spacial score (nSPS) is 20.2. The van der Waals surface area contributed by atoms with Crippen molar-refractivity contribution in [1.82, 2.24) is 0 Å². The first-order valence-electron chi connectivity index (χ1n) is 5.81. The highest BCUT2D eigenvalue weighted by atomic mass is 14.9. The lowest BCUT2D eigenvalue weighted by Crippen LogP contribution is -2.15. The number of hydrogen-bond acceptors (Lipinski definition) is 1. The van der Waals surface area contributed by atoms with E-state index in [2.05, 4.69) is 48.7 Å². The van der Waals surface area contributed by atoms with E-state index in [1.165, 1.54) is 30.5 Å². The minimum atomic E-state index is 0.814. The zero-order chi connectivity index (χ0) is 10.5. The molecule has 0 fully saturated rings. The minimum absolute atomic E-state index is 0.814. The first-order chi connectivity index (χ1) is 7.36. The zero-order valence-electron chi connectivity index (χ0n) is 9.37. The minimum Gasteiger partial charge on any atom is -0.385 e. The van der Waals surface area contributed by atoms with Crippen molar-refractivity contribution < 1.29 is 0 Å². The standard InChI is InChI=1S/C14H19N/c1-12-7-5-6-10-14(12)15-11-13-8-3-2-4-9-13/h2-3,5-7,10,13,15H,4,8-9,11H2,1H3/t13-/m0/s1. The van der Waals surface area contributed by atoms with Gasteiger partial charge in [-0.25, -0.2) is 0 Å². The Morgan fingerprint density at radius 1 is 1.27 bits per heavy atom. The zero-order valence-corrected chi connectivity index (χ0v) is 9.37. The topological polar surface area (TPSA) is 12.0 Å². The van der Waals surface area contributed by atoms with E-state index in [0.29, 0.717) is 0 Å². The van der Waals surface area contributed by atoms with E-state index in [1.54, 1.807) is 0 Å². The number of benzene rings is 1. The molecule has 0 spiro atoms. The van der Waals surface area contributed by atoms with Crippen molar-refractivity contribution in [3.8, 4) is 0 Å². The number of anilines is 1. The summed E-state index contributed by atoms with van der Waals surface area (Å²) in [7, 11) is 0. The van der Waals surface area contributed by atoms with Gasteiger partial charge in [0.25, 0.3) is 0 Å². The molecule has 1 heteroatoms. The Labute approximate surface area is 92.2 Å². The fraction of sp³-hybridized carbons (Fsp3) is 0.429. The molecule has 0 bridgehead atoms. The van der Waals surface area contributed by atoms with E-state index in [9.17, 15) is 0 Å². The van der Waals surface area contributed by atoms with Crippen LogP contribution >= 0.6 is 0 Å². The third kappa shape index (κ3) is 2.85. The highest BCUT2D eigenvalue weighted by molar-refractivity contribution is 5.50. The molecule has 1 aliphatic carbocycles. The van der Waals surface area contributed by atoms with Crippen LogP contribution in [0.1, 0.15) is 24.8 Å². The summed E-state index contributed by atoms with van der Waals surface area (Å²) in [5, 5.41) is 3.55. The van der Waals surface area contributed by atoms with Crippen LogP contribution in [0.2, 0.25) is 0 Å². The fourth-order valence-electron chi connectivity index (χ4n) is 2.07. The van der Waals surface area contributed by atoms with Crippen molar-refractivity contribution in [2.24, 2.45) is 5.92 Å². The number of nitrogens with one attached hydrogen (secondary N) is 1. The van der Waals surface area contributed by atoms with Gasteiger partial charge in [-0.2, -0.15) is 0 Å². The number of para-hydroxylation sites is 1. The van der Waals surface area contributed by atoms with Gasteiger partial charge in [0, 0.05) is 12.2 Å². The van der Waals surface area contributed by atoms with Gasteiger partial charge >= 0.3 is 0 Å². The smallest absolute Gasteiger partial charge is 0.0369 e. The molecule has 1 atom stereocenters. The molecule has 1 aromatic rings. The molecule has 15 heavy (non-hydrogen) atoms. The van der Waals surface area contributed by atoms with Crippen LogP contribution in [0.3, 0.4) is 0 Å². The summed E-state index contributed by atoms with van der Waals surface area (Å²) < 4.78 is 0. The summed E-state index contributed by atoms with van der Waals surface area (Å²) in [5.74, 6) is 0.814. The van der Waals surface area contributed by atoms with Crippen LogP contribution in [-0.4, -0.2) is 6.54 Å². The maximum absolute atomic E-state index is 3.55. The van der Waals surface area contributed by atoms with E-state index in [1.807, 2.05) is 0 Å². The maximum Gasteiger partial charge on any atom is 0.0369 e. The Bertz CT molecular complexity index is 341. The summed E-state index contributed by atoms with van der Waals surface area (Å²) in [4.78, 5) is 0.